The molecule has 0 bridgehead atoms. The number of aromatic nitrogens is 1. The molecule has 1 fully saturated rings. The van der Waals surface area contributed by atoms with Crippen molar-refractivity contribution in [3.05, 3.63) is 24.5 Å². The molecular weight excluding hydrogens is 260 g/mol. The Hall–Kier alpha value is -1.07. The molecular formula is C14H20N2O2S. The second-order valence-corrected chi connectivity index (χ2v) is 5.77. The molecule has 2 heterocycles. The van der Waals surface area contributed by atoms with E-state index in [0.717, 1.165) is 37.1 Å². The largest absolute Gasteiger partial charge is 0.396 e. The quantitative estimate of drug-likeness (QED) is 0.809. The van der Waals surface area contributed by atoms with Gasteiger partial charge in [0, 0.05) is 36.5 Å². The summed E-state index contributed by atoms with van der Waals surface area (Å²) in [7, 11) is 0. The molecule has 1 aliphatic rings. The monoisotopic (exact) mass is 280 g/mol. The molecule has 5 heteroatoms. The van der Waals surface area contributed by atoms with Gasteiger partial charge in [-0.15, -0.1) is 11.8 Å². The lowest BCUT2D eigenvalue weighted by molar-refractivity contribution is -0.129. The number of thioether (sulfide) groups is 1. The summed E-state index contributed by atoms with van der Waals surface area (Å²) in [5.74, 6) is 0.696. The van der Waals surface area contributed by atoms with Crippen molar-refractivity contribution in [3.63, 3.8) is 0 Å². The maximum Gasteiger partial charge on any atom is 0.233 e. The second-order valence-electron chi connectivity index (χ2n) is 4.72. The topological polar surface area (TPSA) is 53.4 Å². The molecule has 1 saturated heterocycles. The van der Waals surface area contributed by atoms with Gasteiger partial charge in [0.1, 0.15) is 0 Å². The molecule has 104 valence electrons. The number of carbonyl (C=O) groups is 1. The van der Waals surface area contributed by atoms with Crippen molar-refractivity contribution in [2.45, 2.75) is 36.6 Å². The van der Waals surface area contributed by atoms with Gasteiger partial charge in [0.2, 0.25) is 5.91 Å². The van der Waals surface area contributed by atoms with Gasteiger partial charge in [0.15, 0.2) is 0 Å². The van der Waals surface area contributed by atoms with Crippen LogP contribution in [0.15, 0.2) is 29.4 Å². The fraction of sp³-hybridized carbons (Fsp3) is 0.571. The number of carbonyl (C=O) groups excluding carboxylic acids is 1. The number of amides is 1. The van der Waals surface area contributed by atoms with Crippen molar-refractivity contribution >= 4 is 17.7 Å². The maximum absolute atomic E-state index is 12.2. The fourth-order valence-electron chi connectivity index (χ4n) is 2.45. The molecule has 1 aromatic rings. The van der Waals surface area contributed by atoms with Crippen molar-refractivity contribution < 1.29 is 9.90 Å². The Bertz CT molecular complexity index is 400. The van der Waals surface area contributed by atoms with Crippen LogP contribution in [-0.2, 0) is 4.79 Å². The number of aliphatic hydroxyl groups is 1. The molecule has 2 rings (SSSR count). The minimum atomic E-state index is 0.210. The second kappa shape index (κ2) is 7.50. The third-order valence-corrected chi connectivity index (χ3v) is 4.40. The summed E-state index contributed by atoms with van der Waals surface area (Å²) in [4.78, 5) is 19.3. The average Bonchev–Trinajstić information content (AvgIpc) is 2.92. The molecule has 19 heavy (non-hydrogen) atoms. The van der Waals surface area contributed by atoms with Crippen molar-refractivity contribution in [2.24, 2.45) is 0 Å². The zero-order valence-electron chi connectivity index (χ0n) is 11.0. The molecule has 0 aromatic carbocycles. The molecule has 0 radical (unpaired) electrons. The molecule has 0 saturated carbocycles. The van der Waals surface area contributed by atoms with Crippen LogP contribution in [0.4, 0.5) is 0 Å². The summed E-state index contributed by atoms with van der Waals surface area (Å²) in [6.45, 7) is 1.08. The highest BCUT2D eigenvalue weighted by atomic mass is 32.2. The van der Waals surface area contributed by atoms with Gasteiger partial charge in [-0.05, 0) is 37.8 Å². The van der Waals surface area contributed by atoms with Crippen LogP contribution >= 0.6 is 11.8 Å². The predicted octanol–water partition coefficient (Wildman–Crippen LogP) is 1.94. The van der Waals surface area contributed by atoms with Gasteiger partial charge in [0.05, 0.1) is 5.75 Å². The Morgan fingerprint density at radius 1 is 1.47 bits per heavy atom. The van der Waals surface area contributed by atoms with Crippen molar-refractivity contribution in [2.75, 3.05) is 18.9 Å². The maximum atomic E-state index is 12.2. The molecule has 4 nitrogen and oxygen atoms in total. The van der Waals surface area contributed by atoms with Gasteiger partial charge in [-0.1, -0.05) is 0 Å². The highest BCUT2D eigenvalue weighted by Crippen LogP contribution is 2.24. The first-order valence-electron chi connectivity index (χ1n) is 6.74. The Kier molecular flexibility index (Phi) is 5.66. The third kappa shape index (κ3) is 4.21. The SMILES string of the molecule is O=C(CSc1ccncc1)N1CCCC1CCCO. The number of hydrogen-bond donors (Lipinski definition) is 1. The average molecular weight is 280 g/mol. The predicted molar refractivity (Wildman–Crippen MR) is 76.0 cm³/mol. The zero-order valence-corrected chi connectivity index (χ0v) is 11.8. The highest BCUT2D eigenvalue weighted by molar-refractivity contribution is 8.00. The van der Waals surface area contributed by atoms with Gasteiger partial charge in [-0.25, -0.2) is 0 Å². The fourth-order valence-corrected chi connectivity index (χ4v) is 3.22. The van der Waals surface area contributed by atoms with Crippen LogP contribution in [0.5, 0.6) is 0 Å². The number of rotatable bonds is 6. The van der Waals surface area contributed by atoms with E-state index in [1.165, 1.54) is 0 Å². The molecule has 1 unspecified atom stereocenters. The summed E-state index contributed by atoms with van der Waals surface area (Å²) >= 11 is 1.56. The van der Waals surface area contributed by atoms with Crippen LogP contribution in [0.25, 0.3) is 0 Å². The van der Waals surface area contributed by atoms with Gasteiger partial charge in [-0.3, -0.25) is 9.78 Å². The lowest BCUT2D eigenvalue weighted by Gasteiger charge is -2.24. The van der Waals surface area contributed by atoms with Crippen molar-refractivity contribution in [1.82, 2.24) is 9.88 Å². The Morgan fingerprint density at radius 2 is 2.26 bits per heavy atom. The van der Waals surface area contributed by atoms with E-state index in [2.05, 4.69) is 4.98 Å². The van der Waals surface area contributed by atoms with Crippen LogP contribution in [0, 0.1) is 0 Å². The summed E-state index contributed by atoms with van der Waals surface area (Å²) < 4.78 is 0. The molecule has 1 N–H and O–H groups in total. The summed E-state index contributed by atoms with van der Waals surface area (Å²) in [5, 5.41) is 8.89. The van der Waals surface area contributed by atoms with Gasteiger partial charge >= 0.3 is 0 Å². The molecule has 1 atom stereocenters. The molecule has 0 spiro atoms. The van der Waals surface area contributed by atoms with E-state index in [1.807, 2.05) is 17.0 Å². The van der Waals surface area contributed by atoms with Crippen LogP contribution in [0.3, 0.4) is 0 Å². The van der Waals surface area contributed by atoms with Crippen LogP contribution in [-0.4, -0.2) is 45.8 Å². The van der Waals surface area contributed by atoms with Crippen LogP contribution in [0.1, 0.15) is 25.7 Å². The highest BCUT2D eigenvalue weighted by Gasteiger charge is 2.27. The number of pyridine rings is 1. The molecule has 1 aromatic heterocycles. The standard InChI is InChI=1S/C14H20N2O2S/c17-10-2-4-12-3-1-9-16(12)14(18)11-19-13-5-7-15-8-6-13/h5-8,12,17H,1-4,9-11H2. The summed E-state index contributed by atoms with van der Waals surface area (Å²) in [6, 6.07) is 4.17. The molecule has 1 aliphatic heterocycles. The minimum absolute atomic E-state index is 0.210. The molecule has 1 amide bonds. The smallest absolute Gasteiger partial charge is 0.233 e. The van der Waals surface area contributed by atoms with Crippen molar-refractivity contribution in [3.8, 4) is 0 Å². The van der Waals surface area contributed by atoms with E-state index in [9.17, 15) is 4.79 Å². The van der Waals surface area contributed by atoms with E-state index < -0.39 is 0 Å². The van der Waals surface area contributed by atoms with E-state index in [-0.39, 0.29) is 12.5 Å². The first kappa shape index (κ1) is 14.3. The third-order valence-electron chi connectivity index (χ3n) is 3.40. The van der Waals surface area contributed by atoms with Crippen LogP contribution in [0.2, 0.25) is 0 Å². The van der Waals surface area contributed by atoms with Crippen LogP contribution < -0.4 is 0 Å². The number of likely N-dealkylation sites (tertiary alicyclic amines) is 1. The minimum Gasteiger partial charge on any atom is -0.396 e. The van der Waals surface area contributed by atoms with Gasteiger partial charge < -0.3 is 10.0 Å². The molecule has 0 aliphatic carbocycles. The lowest BCUT2D eigenvalue weighted by atomic mass is 10.1. The normalized spacial score (nSPS) is 18.8. The van der Waals surface area contributed by atoms with E-state index in [4.69, 9.17) is 5.11 Å². The number of hydrogen-bond acceptors (Lipinski definition) is 4. The van der Waals surface area contributed by atoms with Gasteiger partial charge in [0.25, 0.3) is 0 Å². The number of aliphatic hydroxyl groups excluding tert-OH is 1. The first-order valence-corrected chi connectivity index (χ1v) is 7.73. The number of nitrogens with zero attached hydrogens (tertiary/aromatic N) is 2. The first-order chi connectivity index (χ1) is 9.31. The van der Waals surface area contributed by atoms with E-state index in [1.54, 1.807) is 24.2 Å². The zero-order chi connectivity index (χ0) is 13.5. The summed E-state index contributed by atoms with van der Waals surface area (Å²) in [6.07, 6.45) is 7.35. The van der Waals surface area contributed by atoms with Gasteiger partial charge in [-0.2, -0.15) is 0 Å². The summed E-state index contributed by atoms with van der Waals surface area (Å²) in [5.41, 5.74) is 0. The lowest BCUT2D eigenvalue weighted by Crippen LogP contribution is -2.36. The Labute approximate surface area is 118 Å². The van der Waals surface area contributed by atoms with E-state index in [0.29, 0.717) is 11.8 Å². The Morgan fingerprint density at radius 3 is 3.00 bits per heavy atom. The Balaban J connectivity index is 1.82. The van der Waals surface area contributed by atoms with E-state index >= 15 is 0 Å². The van der Waals surface area contributed by atoms with Crippen molar-refractivity contribution in [1.29, 1.82) is 0 Å².